The van der Waals surface area contributed by atoms with Crippen molar-refractivity contribution in [1.82, 2.24) is 24.4 Å². The third kappa shape index (κ3) is 3.17. The van der Waals surface area contributed by atoms with E-state index in [1.165, 1.54) is 0 Å². The van der Waals surface area contributed by atoms with E-state index in [9.17, 15) is 0 Å². The lowest BCUT2D eigenvalue weighted by atomic mass is 10.3. The number of rotatable bonds is 6. The third-order valence-electron chi connectivity index (χ3n) is 2.84. The molecule has 0 aromatic carbocycles. The highest BCUT2D eigenvalue weighted by Crippen LogP contribution is 2.00. The molecule has 0 unspecified atom stereocenters. The SMILES string of the molecule is CNCCc1cn(CCn2ccnc2C)cn1. The van der Waals surface area contributed by atoms with Crippen LogP contribution in [0.3, 0.4) is 0 Å². The fraction of sp³-hybridized carbons (Fsp3) is 0.500. The standard InChI is InChI=1S/C12H19N5/c1-11-14-5-6-17(11)8-7-16-9-12(15-10-16)3-4-13-2/h5-6,9-10,13H,3-4,7-8H2,1-2H3. The fourth-order valence-corrected chi connectivity index (χ4v) is 1.77. The second-order valence-corrected chi connectivity index (χ2v) is 4.12. The Morgan fingerprint density at radius 3 is 2.88 bits per heavy atom. The normalized spacial score (nSPS) is 10.9. The summed E-state index contributed by atoms with van der Waals surface area (Å²) in [4.78, 5) is 8.58. The highest BCUT2D eigenvalue weighted by molar-refractivity contribution is 4.97. The van der Waals surface area contributed by atoms with E-state index in [4.69, 9.17) is 0 Å². The van der Waals surface area contributed by atoms with Crippen molar-refractivity contribution in [2.45, 2.75) is 26.4 Å². The Kier molecular flexibility index (Phi) is 3.93. The Balaban J connectivity index is 1.87. The quantitative estimate of drug-likeness (QED) is 0.804. The smallest absolute Gasteiger partial charge is 0.105 e. The largest absolute Gasteiger partial charge is 0.335 e. The van der Waals surface area contributed by atoms with Crippen LogP contribution in [0, 0.1) is 6.92 Å². The summed E-state index contributed by atoms with van der Waals surface area (Å²) in [6.45, 7) is 4.86. The van der Waals surface area contributed by atoms with E-state index in [1.54, 1.807) is 0 Å². The third-order valence-corrected chi connectivity index (χ3v) is 2.84. The van der Waals surface area contributed by atoms with Crippen LogP contribution in [0.1, 0.15) is 11.5 Å². The van der Waals surface area contributed by atoms with Crippen molar-refractivity contribution in [2.75, 3.05) is 13.6 Å². The molecule has 0 aliphatic rings. The van der Waals surface area contributed by atoms with Gasteiger partial charge in [-0.1, -0.05) is 0 Å². The lowest BCUT2D eigenvalue weighted by Crippen LogP contribution is -2.10. The van der Waals surface area contributed by atoms with Gasteiger partial charge in [0.2, 0.25) is 0 Å². The van der Waals surface area contributed by atoms with E-state index in [2.05, 4.69) is 30.6 Å². The summed E-state index contributed by atoms with van der Waals surface area (Å²) in [5.41, 5.74) is 1.14. The van der Waals surface area contributed by atoms with Crippen LogP contribution in [0.25, 0.3) is 0 Å². The average Bonchev–Trinajstić information content (AvgIpc) is 2.93. The molecule has 5 nitrogen and oxygen atoms in total. The molecular weight excluding hydrogens is 214 g/mol. The van der Waals surface area contributed by atoms with Crippen molar-refractivity contribution < 1.29 is 0 Å². The zero-order valence-electron chi connectivity index (χ0n) is 10.4. The summed E-state index contributed by atoms with van der Waals surface area (Å²) < 4.78 is 4.28. The van der Waals surface area contributed by atoms with Crippen LogP contribution in [0.5, 0.6) is 0 Å². The molecule has 0 atom stereocenters. The number of hydrogen-bond donors (Lipinski definition) is 1. The second-order valence-electron chi connectivity index (χ2n) is 4.12. The van der Waals surface area contributed by atoms with E-state index < -0.39 is 0 Å². The van der Waals surface area contributed by atoms with Gasteiger partial charge in [0, 0.05) is 44.6 Å². The first-order chi connectivity index (χ1) is 8.29. The summed E-state index contributed by atoms with van der Waals surface area (Å²) in [7, 11) is 1.96. The van der Waals surface area contributed by atoms with Crippen molar-refractivity contribution in [3.8, 4) is 0 Å². The summed E-state index contributed by atoms with van der Waals surface area (Å²) in [6, 6.07) is 0. The predicted octanol–water partition coefficient (Wildman–Crippen LogP) is 0.850. The number of hydrogen-bond acceptors (Lipinski definition) is 3. The summed E-state index contributed by atoms with van der Waals surface area (Å²) in [5, 5.41) is 3.13. The summed E-state index contributed by atoms with van der Waals surface area (Å²) >= 11 is 0. The molecule has 5 heteroatoms. The number of aryl methyl sites for hydroxylation is 3. The summed E-state index contributed by atoms with van der Waals surface area (Å²) in [5.74, 6) is 1.06. The predicted molar refractivity (Wildman–Crippen MR) is 66.8 cm³/mol. The molecule has 0 amide bonds. The van der Waals surface area contributed by atoms with E-state index in [0.717, 1.165) is 37.6 Å². The van der Waals surface area contributed by atoms with Crippen LogP contribution in [0.15, 0.2) is 24.9 Å². The molecule has 0 saturated carbocycles. The Bertz CT molecular complexity index is 457. The lowest BCUT2D eigenvalue weighted by Gasteiger charge is -2.05. The van der Waals surface area contributed by atoms with E-state index in [-0.39, 0.29) is 0 Å². The molecule has 1 N–H and O–H groups in total. The number of nitrogens with zero attached hydrogens (tertiary/aromatic N) is 4. The van der Waals surface area contributed by atoms with E-state index >= 15 is 0 Å². The molecular formula is C12H19N5. The van der Waals surface area contributed by atoms with Crippen molar-refractivity contribution in [2.24, 2.45) is 0 Å². The van der Waals surface area contributed by atoms with Gasteiger partial charge in [0.25, 0.3) is 0 Å². The fourth-order valence-electron chi connectivity index (χ4n) is 1.77. The topological polar surface area (TPSA) is 47.7 Å². The van der Waals surface area contributed by atoms with Crippen LogP contribution >= 0.6 is 0 Å². The first-order valence-corrected chi connectivity index (χ1v) is 5.92. The molecule has 92 valence electrons. The first-order valence-electron chi connectivity index (χ1n) is 5.92. The first kappa shape index (κ1) is 11.9. The second kappa shape index (κ2) is 5.63. The number of nitrogens with one attached hydrogen (secondary N) is 1. The zero-order valence-corrected chi connectivity index (χ0v) is 10.4. The molecule has 0 fully saturated rings. The summed E-state index contributed by atoms with van der Waals surface area (Å²) in [6.07, 6.45) is 8.84. The van der Waals surface area contributed by atoms with E-state index in [1.807, 2.05) is 32.7 Å². The highest BCUT2D eigenvalue weighted by Gasteiger charge is 2.00. The van der Waals surface area contributed by atoms with Gasteiger partial charge >= 0.3 is 0 Å². The molecule has 2 aromatic rings. The van der Waals surface area contributed by atoms with Crippen LogP contribution in [0.2, 0.25) is 0 Å². The zero-order chi connectivity index (χ0) is 12.1. The van der Waals surface area contributed by atoms with Gasteiger partial charge in [-0.3, -0.25) is 0 Å². The molecule has 2 heterocycles. The number of imidazole rings is 2. The molecule has 0 bridgehead atoms. The van der Waals surface area contributed by atoms with Crippen LogP contribution < -0.4 is 5.32 Å². The molecule has 2 aromatic heterocycles. The maximum atomic E-state index is 4.37. The lowest BCUT2D eigenvalue weighted by molar-refractivity contribution is 0.567. The van der Waals surface area contributed by atoms with Gasteiger partial charge < -0.3 is 14.5 Å². The minimum absolute atomic E-state index is 0.934. The number of aromatic nitrogens is 4. The monoisotopic (exact) mass is 233 g/mol. The van der Waals surface area contributed by atoms with Crippen LogP contribution in [-0.2, 0) is 19.5 Å². The Morgan fingerprint density at radius 2 is 2.18 bits per heavy atom. The average molecular weight is 233 g/mol. The molecule has 0 saturated heterocycles. The molecule has 2 rings (SSSR count). The Hall–Kier alpha value is -1.62. The van der Waals surface area contributed by atoms with Crippen molar-refractivity contribution in [3.05, 3.63) is 36.4 Å². The van der Waals surface area contributed by atoms with Crippen molar-refractivity contribution in [3.63, 3.8) is 0 Å². The molecule has 0 aliphatic heterocycles. The molecule has 0 aliphatic carbocycles. The Morgan fingerprint density at radius 1 is 1.29 bits per heavy atom. The van der Waals surface area contributed by atoms with E-state index in [0.29, 0.717) is 0 Å². The maximum Gasteiger partial charge on any atom is 0.105 e. The van der Waals surface area contributed by atoms with Gasteiger partial charge in [-0.15, -0.1) is 0 Å². The van der Waals surface area contributed by atoms with Crippen LogP contribution in [-0.4, -0.2) is 32.7 Å². The minimum Gasteiger partial charge on any atom is -0.335 e. The van der Waals surface area contributed by atoms with Crippen molar-refractivity contribution >= 4 is 0 Å². The molecule has 0 radical (unpaired) electrons. The van der Waals surface area contributed by atoms with Gasteiger partial charge in [-0.2, -0.15) is 0 Å². The minimum atomic E-state index is 0.934. The molecule has 0 spiro atoms. The highest BCUT2D eigenvalue weighted by atomic mass is 15.1. The van der Waals surface area contributed by atoms with Gasteiger partial charge in [-0.05, 0) is 14.0 Å². The van der Waals surface area contributed by atoms with Crippen LogP contribution in [0.4, 0.5) is 0 Å². The maximum absolute atomic E-state index is 4.37. The van der Waals surface area contributed by atoms with Gasteiger partial charge in [0.05, 0.1) is 12.0 Å². The van der Waals surface area contributed by atoms with Gasteiger partial charge in [0.1, 0.15) is 5.82 Å². The van der Waals surface area contributed by atoms with Gasteiger partial charge in [-0.25, -0.2) is 9.97 Å². The molecule has 17 heavy (non-hydrogen) atoms. The Labute approximate surface area is 102 Å². The number of likely N-dealkylation sites (N-methyl/N-ethyl adjacent to an activating group) is 1. The van der Waals surface area contributed by atoms with Crippen molar-refractivity contribution in [1.29, 1.82) is 0 Å². The van der Waals surface area contributed by atoms with Gasteiger partial charge in [0.15, 0.2) is 0 Å².